The molecule has 3 nitrogen and oxygen atoms in total. The Balaban J connectivity index is 2.11. The van der Waals surface area contributed by atoms with Crippen molar-refractivity contribution in [2.24, 2.45) is 0 Å². The normalized spacial score (nSPS) is 11.1. The van der Waals surface area contributed by atoms with Crippen LogP contribution in [0, 0.1) is 3.57 Å². The lowest BCUT2D eigenvalue weighted by atomic mass is 10.2. The van der Waals surface area contributed by atoms with Crippen LogP contribution in [0.1, 0.15) is 11.4 Å². The third-order valence-electron chi connectivity index (χ3n) is 2.97. The van der Waals surface area contributed by atoms with Crippen LogP contribution in [0.25, 0.3) is 11.0 Å². The maximum absolute atomic E-state index is 6.01. The predicted molar refractivity (Wildman–Crippen MR) is 85.3 cm³/mol. The van der Waals surface area contributed by atoms with Gasteiger partial charge in [0.15, 0.2) is 0 Å². The number of fused-ring (bicyclic) bond motifs is 1. The summed E-state index contributed by atoms with van der Waals surface area (Å²) < 4.78 is 3.33. The van der Waals surface area contributed by atoms with Gasteiger partial charge >= 0.3 is 0 Å². The summed E-state index contributed by atoms with van der Waals surface area (Å²) in [5.41, 5.74) is 3.25. The number of aromatic nitrogens is 3. The Hall–Kier alpha value is -1.14. The van der Waals surface area contributed by atoms with Crippen LogP contribution >= 0.6 is 34.2 Å². The second-order valence-electron chi connectivity index (χ2n) is 4.24. The molecule has 96 valence electrons. The zero-order valence-corrected chi connectivity index (χ0v) is 13.0. The van der Waals surface area contributed by atoms with Gasteiger partial charge in [0.25, 0.3) is 0 Å². The molecule has 3 aromatic rings. The Morgan fingerprint density at radius 1 is 1.26 bits per heavy atom. The van der Waals surface area contributed by atoms with Gasteiger partial charge in [-0.1, -0.05) is 6.07 Å². The lowest BCUT2D eigenvalue weighted by molar-refractivity contribution is 0.775. The van der Waals surface area contributed by atoms with Gasteiger partial charge in [0.05, 0.1) is 23.5 Å². The van der Waals surface area contributed by atoms with E-state index in [1.165, 1.54) is 3.57 Å². The number of alkyl halides is 1. The molecule has 0 saturated heterocycles. The number of rotatable bonds is 3. The van der Waals surface area contributed by atoms with Crippen LogP contribution in [0.4, 0.5) is 0 Å². The van der Waals surface area contributed by atoms with Gasteiger partial charge in [0.2, 0.25) is 0 Å². The number of hydrogen-bond donors (Lipinski definition) is 0. The van der Waals surface area contributed by atoms with Gasteiger partial charge in [0, 0.05) is 16.0 Å². The third-order valence-corrected chi connectivity index (χ3v) is 3.88. The van der Waals surface area contributed by atoms with Gasteiger partial charge < -0.3 is 4.57 Å². The van der Waals surface area contributed by atoms with E-state index in [2.05, 4.69) is 61.4 Å². The largest absolute Gasteiger partial charge is 0.322 e. The van der Waals surface area contributed by atoms with Gasteiger partial charge in [-0.05, 0) is 52.4 Å². The lowest BCUT2D eigenvalue weighted by Crippen LogP contribution is -2.03. The van der Waals surface area contributed by atoms with Gasteiger partial charge in [-0.25, -0.2) is 4.98 Å². The summed E-state index contributed by atoms with van der Waals surface area (Å²) in [5, 5.41) is 0. The Kier molecular flexibility index (Phi) is 3.70. The number of halogens is 2. The van der Waals surface area contributed by atoms with Crippen molar-refractivity contribution in [2.45, 2.75) is 12.4 Å². The van der Waals surface area contributed by atoms with E-state index in [4.69, 9.17) is 11.6 Å². The monoisotopic (exact) mass is 383 g/mol. The quantitative estimate of drug-likeness (QED) is 0.508. The first-order valence-electron chi connectivity index (χ1n) is 5.87. The van der Waals surface area contributed by atoms with Crippen LogP contribution in [-0.2, 0) is 12.4 Å². The van der Waals surface area contributed by atoms with Crippen LogP contribution in [0.3, 0.4) is 0 Å². The highest BCUT2D eigenvalue weighted by Gasteiger charge is 2.10. The Morgan fingerprint density at radius 2 is 2.16 bits per heavy atom. The van der Waals surface area contributed by atoms with Crippen molar-refractivity contribution < 1.29 is 0 Å². The highest BCUT2D eigenvalue weighted by Crippen LogP contribution is 2.21. The van der Waals surface area contributed by atoms with Crippen molar-refractivity contribution in [2.75, 3.05) is 0 Å². The number of imidazole rings is 1. The fourth-order valence-corrected chi connectivity index (χ4v) is 2.78. The highest BCUT2D eigenvalue weighted by atomic mass is 127. The predicted octanol–water partition coefficient (Wildman–Crippen LogP) is 3.82. The Bertz CT molecular complexity index is 709. The topological polar surface area (TPSA) is 30.7 Å². The van der Waals surface area contributed by atoms with Crippen LogP contribution in [0.5, 0.6) is 0 Å². The van der Waals surface area contributed by atoms with Crippen LogP contribution in [0.15, 0.2) is 42.7 Å². The number of hydrogen-bond acceptors (Lipinski definition) is 2. The van der Waals surface area contributed by atoms with Crippen LogP contribution < -0.4 is 0 Å². The second-order valence-corrected chi connectivity index (χ2v) is 5.76. The zero-order valence-electron chi connectivity index (χ0n) is 10.1. The standard InChI is InChI=1S/C14H11ClIN3/c15-7-14-18-12-6-11(16)3-4-13(12)19(14)9-10-2-1-5-17-8-10/h1-6,8H,7,9H2. The Labute approximate surface area is 129 Å². The summed E-state index contributed by atoms with van der Waals surface area (Å²) in [7, 11) is 0. The number of nitrogens with zero attached hydrogens (tertiary/aromatic N) is 3. The summed E-state index contributed by atoms with van der Waals surface area (Å²) in [6, 6.07) is 10.3. The van der Waals surface area contributed by atoms with E-state index < -0.39 is 0 Å². The Morgan fingerprint density at radius 3 is 2.89 bits per heavy atom. The molecule has 0 aliphatic rings. The van der Waals surface area contributed by atoms with Crippen LogP contribution in [0.2, 0.25) is 0 Å². The first-order valence-corrected chi connectivity index (χ1v) is 7.49. The zero-order chi connectivity index (χ0) is 13.2. The van der Waals surface area contributed by atoms with Crippen molar-refractivity contribution in [1.82, 2.24) is 14.5 Å². The molecule has 0 saturated carbocycles. The molecule has 0 fully saturated rings. The SMILES string of the molecule is ClCc1nc2cc(I)ccc2n1Cc1cccnc1. The maximum Gasteiger partial charge on any atom is 0.125 e. The molecule has 2 heterocycles. The van der Waals surface area contributed by atoms with E-state index in [9.17, 15) is 0 Å². The van der Waals surface area contributed by atoms with Crippen molar-refractivity contribution in [3.63, 3.8) is 0 Å². The van der Waals surface area contributed by atoms with Gasteiger partial charge in [-0.2, -0.15) is 0 Å². The van der Waals surface area contributed by atoms with Gasteiger partial charge in [-0.3, -0.25) is 4.98 Å². The molecule has 0 atom stereocenters. The fourth-order valence-electron chi connectivity index (χ4n) is 2.11. The summed E-state index contributed by atoms with van der Waals surface area (Å²) in [4.78, 5) is 8.74. The van der Waals surface area contributed by atoms with Crippen LogP contribution in [-0.4, -0.2) is 14.5 Å². The second kappa shape index (κ2) is 5.46. The first-order chi connectivity index (χ1) is 9.28. The molecular formula is C14H11ClIN3. The van der Waals surface area contributed by atoms with E-state index >= 15 is 0 Å². The molecule has 0 spiro atoms. The average molecular weight is 384 g/mol. The first kappa shape index (κ1) is 12.9. The minimum atomic E-state index is 0.408. The number of benzene rings is 1. The summed E-state index contributed by atoms with van der Waals surface area (Å²) in [5.74, 6) is 1.30. The minimum Gasteiger partial charge on any atom is -0.322 e. The smallest absolute Gasteiger partial charge is 0.125 e. The van der Waals surface area contributed by atoms with Crippen molar-refractivity contribution in [3.05, 3.63) is 57.7 Å². The van der Waals surface area contributed by atoms with E-state index in [0.29, 0.717) is 5.88 Å². The molecule has 0 radical (unpaired) electrons. The molecule has 1 aromatic carbocycles. The highest BCUT2D eigenvalue weighted by molar-refractivity contribution is 14.1. The molecular weight excluding hydrogens is 373 g/mol. The molecule has 0 N–H and O–H groups in total. The molecule has 0 bridgehead atoms. The molecule has 3 rings (SSSR count). The van der Waals surface area contributed by atoms with Gasteiger partial charge in [-0.15, -0.1) is 11.6 Å². The molecule has 0 aliphatic carbocycles. The van der Waals surface area contributed by atoms with E-state index in [-0.39, 0.29) is 0 Å². The summed E-state index contributed by atoms with van der Waals surface area (Å²) in [6.07, 6.45) is 3.65. The molecule has 5 heteroatoms. The van der Waals surface area contributed by atoms with Crippen molar-refractivity contribution in [1.29, 1.82) is 0 Å². The van der Waals surface area contributed by atoms with E-state index in [1.54, 1.807) is 6.20 Å². The minimum absolute atomic E-state index is 0.408. The lowest BCUT2D eigenvalue weighted by Gasteiger charge is -2.07. The van der Waals surface area contributed by atoms with Gasteiger partial charge in [0.1, 0.15) is 5.82 Å². The van der Waals surface area contributed by atoms with Crippen molar-refractivity contribution >= 4 is 45.2 Å². The maximum atomic E-state index is 6.01. The van der Waals surface area contributed by atoms with E-state index in [0.717, 1.165) is 29.0 Å². The molecule has 2 aromatic heterocycles. The third kappa shape index (κ3) is 2.60. The fraction of sp³-hybridized carbons (Fsp3) is 0.143. The summed E-state index contributed by atoms with van der Waals surface area (Å²) >= 11 is 8.30. The molecule has 0 unspecified atom stereocenters. The van der Waals surface area contributed by atoms with Crippen molar-refractivity contribution in [3.8, 4) is 0 Å². The summed E-state index contributed by atoms with van der Waals surface area (Å²) in [6.45, 7) is 0.743. The average Bonchev–Trinajstić information content (AvgIpc) is 2.77. The molecule has 19 heavy (non-hydrogen) atoms. The molecule has 0 aliphatic heterocycles. The number of pyridine rings is 1. The van der Waals surface area contributed by atoms with E-state index in [1.807, 2.05) is 12.3 Å². The molecule has 0 amide bonds.